The molecule has 11 heteroatoms. The number of aryl methyl sites for hydroxylation is 3. The van der Waals surface area contributed by atoms with E-state index in [0.29, 0.717) is 35.0 Å². The monoisotopic (exact) mass is 548 g/mol. The lowest BCUT2D eigenvalue weighted by Gasteiger charge is -2.37. The molecule has 0 radical (unpaired) electrons. The highest BCUT2D eigenvalue weighted by Crippen LogP contribution is 2.39. The predicted octanol–water partition coefficient (Wildman–Crippen LogP) is 4.79. The zero-order valence-electron chi connectivity index (χ0n) is 22.8. The molecule has 6 rings (SSSR count). The van der Waals surface area contributed by atoms with Crippen LogP contribution in [0, 0.1) is 6.92 Å². The maximum atomic E-state index is 6.87. The molecule has 0 bridgehead atoms. The summed E-state index contributed by atoms with van der Waals surface area (Å²) >= 11 is 6.87. The molecule has 0 amide bonds. The number of likely N-dealkylation sites (N-methyl/N-ethyl adjacent to an activating group) is 1. The highest BCUT2D eigenvalue weighted by molar-refractivity contribution is 6.33. The lowest BCUT2D eigenvalue weighted by atomic mass is 9.89. The van der Waals surface area contributed by atoms with Gasteiger partial charge in [-0.1, -0.05) is 54.4 Å². The number of hydrogen-bond acceptors (Lipinski definition) is 9. The maximum Gasteiger partial charge on any atom is 0.318 e. The molecular formula is C28H33ClN8O2. The standard InChI is InChI=1S/C28H33ClN8O2/c1-5-9-18-10-6-7-11-19(18)22-14-21-20(15-35(22)3)27(32-28(31-21)38-4)36-12-8-13-37-23(16-36)24(29)25(33-37)26-30-17(2)39-34-26/h6-7,10-11,22H,5,8-9,12-16H2,1-4H3. The summed E-state index contributed by atoms with van der Waals surface area (Å²) in [6.45, 7) is 6.84. The van der Waals surface area contributed by atoms with Crippen molar-refractivity contribution >= 4 is 17.4 Å². The maximum absolute atomic E-state index is 6.87. The lowest BCUT2D eigenvalue weighted by molar-refractivity contribution is 0.212. The Kier molecular flexibility index (Phi) is 6.99. The zero-order chi connectivity index (χ0) is 27.1. The molecule has 204 valence electrons. The molecule has 3 aromatic heterocycles. The first-order chi connectivity index (χ1) is 19.0. The molecule has 5 heterocycles. The van der Waals surface area contributed by atoms with Gasteiger partial charge in [0.25, 0.3) is 0 Å². The van der Waals surface area contributed by atoms with Crippen LogP contribution in [-0.4, -0.2) is 55.5 Å². The number of benzene rings is 1. The minimum Gasteiger partial charge on any atom is -0.467 e. The van der Waals surface area contributed by atoms with Crippen molar-refractivity contribution in [2.24, 2.45) is 0 Å². The van der Waals surface area contributed by atoms with Crippen molar-refractivity contribution in [3.63, 3.8) is 0 Å². The summed E-state index contributed by atoms with van der Waals surface area (Å²) in [4.78, 5) is 18.7. The Hall–Kier alpha value is -3.50. The second-order valence-corrected chi connectivity index (χ2v) is 10.7. The summed E-state index contributed by atoms with van der Waals surface area (Å²) < 4.78 is 12.7. The third-order valence-electron chi connectivity index (χ3n) is 7.66. The fourth-order valence-electron chi connectivity index (χ4n) is 5.78. The largest absolute Gasteiger partial charge is 0.467 e. The van der Waals surface area contributed by atoms with Crippen LogP contribution in [0.1, 0.15) is 59.8 Å². The van der Waals surface area contributed by atoms with Crippen LogP contribution in [0.2, 0.25) is 5.02 Å². The van der Waals surface area contributed by atoms with Gasteiger partial charge in [0, 0.05) is 44.6 Å². The molecule has 2 aliphatic rings. The Balaban J connectivity index is 1.36. The van der Waals surface area contributed by atoms with Gasteiger partial charge in [-0.3, -0.25) is 9.58 Å². The number of aromatic nitrogens is 6. The minimum atomic E-state index is 0.244. The van der Waals surface area contributed by atoms with Crippen molar-refractivity contribution in [2.75, 3.05) is 25.6 Å². The molecule has 1 aromatic carbocycles. The van der Waals surface area contributed by atoms with Crippen molar-refractivity contribution in [1.82, 2.24) is 34.8 Å². The van der Waals surface area contributed by atoms with Crippen molar-refractivity contribution in [2.45, 2.75) is 65.2 Å². The van der Waals surface area contributed by atoms with E-state index in [1.807, 2.05) is 4.68 Å². The third kappa shape index (κ3) is 4.76. The summed E-state index contributed by atoms with van der Waals surface area (Å²) in [5.74, 6) is 1.78. The SMILES string of the molecule is CCCc1ccccc1C1Cc2nc(OC)nc(N3CCCn4nc(-c5noc(C)n5)c(Cl)c4C3)c2CN1C. The van der Waals surface area contributed by atoms with Gasteiger partial charge < -0.3 is 14.2 Å². The highest BCUT2D eigenvalue weighted by atomic mass is 35.5. The van der Waals surface area contributed by atoms with Gasteiger partial charge in [-0.05, 0) is 31.0 Å². The van der Waals surface area contributed by atoms with Gasteiger partial charge >= 0.3 is 6.01 Å². The zero-order valence-corrected chi connectivity index (χ0v) is 23.6. The van der Waals surface area contributed by atoms with Crippen LogP contribution in [0.15, 0.2) is 28.8 Å². The van der Waals surface area contributed by atoms with E-state index < -0.39 is 0 Å². The Morgan fingerprint density at radius 3 is 2.74 bits per heavy atom. The van der Waals surface area contributed by atoms with E-state index in [1.54, 1.807) is 14.0 Å². The van der Waals surface area contributed by atoms with Gasteiger partial charge in [-0.2, -0.15) is 20.1 Å². The molecule has 0 saturated heterocycles. The number of halogens is 1. The molecular weight excluding hydrogens is 516 g/mol. The first kappa shape index (κ1) is 25.8. The topological polar surface area (TPSA) is 98.2 Å². The van der Waals surface area contributed by atoms with Gasteiger partial charge in [0.05, 0.1) is 30.1 Å². The molecule has 2 aliphatic heterocycles. The fourth-order valence-corrected chi connectivity index (χ4v) is 6.06. The van der Waals surface area contributed by atoms with E-state index in [4.69, 9.17) is 35.9 Å². The van der Waals surface area contributed by atoms with Crippen LogP contribution in [0.4, 0.5) is 5.82 Å². The van der Waals surface area contributed by atoms with Gasteiger partial charge in [0.15, 0.2) is 5.69 Å². The average molecular weight is 549 g/mol. The second kappa shape index (κ2) is 10.6. The number of anilines is 1. The van der Waals surface area contributed by atoms with Crippen LogP contribution >= 0.6 is 11.6 Å². The van der Waals surface area contributed by atoms with Crippen molar-refractivity contribution in [1.29, 1.82) is 0 Å². The average Bonchev–Trinajstić information content (AvgIpc) is 3.42. The second-order valence-electron chi connectivity index (χ2n) is 10.3. The minimum absolute atomic E-state index is 0.244. The smallest absolute Gasteiger partial charge is 0.318 e. The molecule has 0 saturated carbocycles. The first-order valence-electron chi connectivity index (χ1n) is 13.5. The van der Waals surface area contributed by atoms with E-state index in [1.165, 1.54) is 11.1 Å². The van der Waals surface area contributed by atoms with Crippen LogP contribution in [0.3, 0.4) is 0 Å². The number of ether oxygens (including phenoxy) is 1. The van der Waals surface area contributed by atoms with Crippen LogP contribution in [0.5, 0.6) is 6.01 Å². The number of rotatable bonds is 6. The molecule has 0 spiro atoms. The van der Waals surface area contributed by atoms with E-state index in [2.05, 4.69) is 58.2 Å². The van der Waals surface area contributed by atoms with E-state index in [9.17, 15) is 0 Å². The molecule has 10 nitrogen and oxygen atoms in total. The molecule has 1 unspecified atom stereocenters. The Morgan fingerprint density at radius 1 is 1.13 bits per heavy atom. The van der Waals surface area contributed by atoms with E-state index >= 15 is 0 Å². The van der Waals surface area contributed by atoms with Crippen LogP contribution < -0.4 is 9.64 Å². The summed E-state index contributed by atoms with van der Waals surface area (Å²) in [5, 5.41) is 9.30. The molecule has 39 heavy (non-hydrogen) atoms. The molecule has 1 atom stereocenters. The molecule has 0 aliphatic carbocycles. The quantitative estimate of drug-likeness (QED) is 0.337. The molecule has 0 fully saturated rings. The first-order valence-corrected chi connectivity index (χ1v) is 13.9. The van der Waals surface area contributed by atoms with Crippen molar-refractivity contribution in [3.8, 4) is 17.5 Å². The van der Waals surface area contributed by atoms with Crippen LogP contribution in [0.25, 0.3) is 11.5 Å². The summed E-state index contributed by atoms with van der Waals surface area (Å²) in [7, 11) is 3.82. The van der Waals surface area contributed by atoms with Crippen molar-refractivity contribution in [3.05, 3.63) is 63.3 Å². The predicted molar refractivity (Wildman–Crippen MR) is 148 cm³/mol. The molecule has 0 N–H and O–H groups in total. The fraction of sp³-hybridized carbons (Fsp3) is 0.464. The third-order valence-corrected chi connectivity index (χ3v) is 8.06. The number of fused-ring (bicyclic) bond motifs is 2. The number of nitrogens with zero attached hydrogens (tertiary/aromatic N) is 8. The lowest BCUT2D eigenvalue weighted by Crippen LogP contribution is -2.35. The number of hydrogen-bond donors (Lipinski definition) is 0. The van der Waals surface area contributed by atoms with Gasteiger partial charge in [-0.15, -0.1) is 0 Å². The van der Waals surface area contributed by atoms with E-state index in [-0.39, 0.29) is 6.04 Å². The van der Waals surface area contributed by atoms with Gasteiger partial charge in [-0.25, -0.2) is 0 Å². The molecule has 4 aromatic rings. The Morgan fingerprint density at radius 2 is 1.97 bits per heavy atom. The van der Waals surface area contributed by atoms with E-state index in [0.717, 1.165) is 68.1 Å². The highest BCUT2D eigenvalue weighted by Gasteiger charge is 2.33. The van der Waals surface area contributed by atoms with Crippen molar-refractivity contribution < 1.29 is 9.26 Å². The van der Waals surface area contributed by atoms with Gasteiger partial charge in [0.1, 0.15) is 5.82 Å². The summed E-state index contributed by atoms with van der Waals surface area (Å²) in [6, 6.07) is 9.42. The van der Waals surface area contributed by atoms with Crippen LogP contribution in [-0.2, 0) is 32.5 Å². The Bertz CT molecular complexity index is 1500. The van der Waals surface area contributed by atoms with Gasteiger partial charge in [0.2, 0.25) is 11.7 Å². The summed E-state index contributed by atoms with van der Waals surface area (Å²) in [6.07, 6.45) is 3.87. The number of methoxy groups -OCH3 is 1. The summed E-state index contributed by atoms with van der Waals surface area (Å²) in [5.41, 5.74) is 6.42. The Labute approximate surface area is 233 Å². The normalized spacial score (nSPS) is 17.6.